The zero-order chi connectivity index (χ0) is 15.5. The van der Waals surface area contributed by atoms with Crippen molar-refractivity contribution in [1.82, 2.24) is 10.2 Å². The van der Waals surface area contributed by atoms with Gasteiger partial charge in [0.25, 0.3) is 5.69 Å². The largest absolute Gasteiger partial charge is 0.314 e. The van der Waals surface area contributed by atoms with Crippen LogP contribution in [0.2, 0.25) is 5.02 Å². The first kappa shape index (κ1) is 21.5. The Bertz CT molecular complexity index is 547. The molecule has 136 valence electrons. The summed E-state index contributed by atoms with van der Waals surface area (Å²) in [5, 5.41) is 15.4. The number of piperazine rings is 1. The van der Waals surface area contributed by atoms with Crippen molar-refractivity contribution in [2.24, 2.45) is 5.92 Å². The van der Waals surface area contributed by atoms with E-state index in [1.54, 1.807) is 12.1 Å². The second-order valence-electron chi connectivity index (χ2n) is 6.24. The van der Waals surface area contributed by atoms with Gasteiger partial charge in [0, 0.05) is 48.9 Å². The number of rotatable bonds is 4. The molecule has 2 fully saturated rings. The van der Waals surface area contributed by atoms with Crippen LogP contribution in [-0.4, -0.2) is 36.0 Å². The van der Waals surface area contributed by atoms with Crippen LogP contribution in [0.3, 0.4) is 0 Å². The van der Waals surface area contributed by atoms with Crippen LogP contribution in [-0.2, 0) is 0 Å². The van der Waals surface area contributed by atoms with Gasteiger partial charge in [-0.25, -0.2) is 0 Å². The Morgan fingerprint density at radius 2 is 1.83 bits per heavy atom. The third kappa shape index (κ3) is 4.73. The highest BCUT2D eigenvalue weighted by atomic mass is 35.5. The van der Waals surface area contributed by atoms with Crippen molar-refractivity contribution in [3.63, 3.8) is 0 Å². The van der Waals surface area contributed by atoms with Gasteiger partial charge >= 0.3 is 0 Å². The van der Waals surface area contributed by atoms with E-state index in [0.29, 0.717) is 10.9 Å². The molecule has 1 aliphatic heterocycles. The van der Waals surface area contributed by atoms with Crippen LogP contribution >= 0.6 is 36.4 Å². The van der Waals surface area contributed by atoms with Gasteiger partial charge in [0.2, 0.25) is 0 Å². The summed E-state index contributed by atoms with van der Waals surface area (Å²) in [6, 6.07) is 5.10. The van der Waals surface area contributed by atoms with E-state index in [9.17, 15) is 10.1 Å². The van der Waals surface area contributed by atoms with E-state index in [1.165, 1.54) is 12.8 Å². The first-order chi connectivity index (χ1) is 10.7. The molecule has 24 heavy (non-hydrogen) atoms. The monoisotopic (exact) mass is 395 g/mol. The number of nitro groups is 1. The molecule has 1 aliphatic carbocycles. The number of nitrogens with zero attached hydrogens (tertiary/aromatic N) is 2. The standard InChI is InChI=1S/C16H22ClN3O2.2ClH/c17-13-5-6-15(20(21)22)14(11-13)16(12-3-1-2-4-12)19-9-7-18-8-10-19;;/h5-6,11-12,16,18H,1-4,7-10H2;2*1H/t16-;;/m1../s1. The molecule has 1 saturated carbocycles. The zero-order valence-electron chi connectivity index (χ0n) is 13.4. The smallest absolute Gasteiger partial charge is 0.274 e. The zero-order valence-corrected chi connectivity index (χ0v) is 15.8. The molecule has 8 heteroatoms. The predicted molar refractivity (Wildman–Crippen MR) is 102 cm³/mol. The maximum Gasteiger partial charge on any atom is 0.274 e. The average Bonchev–Trinajstić information content (AvgIpc) is 3.02. The Hall–Kier alpha value is -0.590. The third-order valence-corrected chi connectivity index (χ3v) is 5.13. The number of nitrogens with one attached hydrogen (secondary N) is 1. The summed E-state index contributed by atoms with van der Waals surface area (Å²) >= 11 is 6.16. The SMILES string of the molecule is Cl.Cl.O=[N+]([O-])c1ccc(Cl)cc1[C@@H](C1CCCC1)N1CCNCC1. The maximum absolute atomic E-state index is 11.5. The van der Waals surface area contributed by atoms with Gasteiger partial charge in [0.05, 0.1) is 4.92 Å². The summed E-state index contributed by atoms with van der Waals surface area (Å²) in [6.45, 7) is 3.75. The van der Waals surface area contributed by atoms with Crippen molar-refractivity contribution < 1.29 is 4.92 Å². The van der Waals surface area contributed by atoms with Crippen molar-refractivity contribution in [3.8, 4) is 0 Å². The predicted octanol–water partition coefficient (Wildman–Crippen LogP) is 4.23. The van der Waals surface area contributed by atoms with Gasteiger partial charge in [-0.05, 0) is 30.9 Å². The van der Waals surface area contributed by atoms with Gasteiger partial charge < -0.3 is 5.32 Å². The maximum atomic E-state index is 11.5. The highest BCUT2D eigenvalue weighted by Crippen LogP contribution is 2.43. The molecule has 0 radical (unpaired) electrons. The van der Waals surface area contributed by atoms with Gasteiger partial charge in [0.15, 0.2) is 0 Å². The summed E-state index contributed by atoms with van der Waals surface area (Å²) in [6.07, 6.45) is 4.75. The Kier molecular flexibility index (Phi) is 8.74. The molecule has 0 aromatic heterocycles. The van der Waals surface area contributed by atoms with E-state index in [-0.39, 0.29) is 41.5 Å². The number of nitro benzene ring substituents is 1. The first-order valence-corrected chi connectivity index (χ1v) is 8.43. The summed E-state index contributed by atoms with van der Waals surface area (Å²) in [5.74, 6) is 0.496. The normalized spacial score (nSPS) is 20.0. The van der Waals surface area contributed by atoms with E-state index in [1.807, 2.05) is 6.07 Å². The molecule has 1 N–H and O–H groups in total. The lowest BCUT2D eigenvalue weighted by molar-refractivity contribution is -0.386. The molecule has 1 atom stereocenters. The summed E-state index contributed by atoms with van der Waals surface area (Å²) < 4.78 is 0. The van der Waals surface area contributed by atoms with E-state index < -0.39 is 0 Å². The molecular weight excluding hydrogens is 373 g/mol. The van der Waals surface area contributed by atoms with Crippen LogP contribution in [0, 0.1) is 16.0 Å². The van der Waals surface area contributed by atoms with Gasteiger partial charge in [-0.1, -0.05) is 24.4 Å². The summed E-state index contributed by atoms with van der Waals surface area (Å²) in [7, 11) is 0. The Labute approximate surface area is 160 Å². The molecule has 0 unspecified atom stereocenters. The number of hydrogen-bond donors (Lipinski definition) is 1. The Morgan fingerprint density at radius 3 is 2.42 bits per heavy atom. The molecule has 0 amide bonds. The molecule has 3 rings (SSSR count). The van der Waals surface area contributed by atoms with E-state index in [2.05, 4.69) is 10.2 Å². The molecule has 1 aromatic carbocycles. The highest BCUT2D eigenvalue weighted by molar-refractivity contribution is 6.30. The fourth-order valence-corrected chi connectivity index (χ4v) is 4.09. The van der Waals surface area contributed by atoms with Crippen LogP contribution in [0.15, 0.2) is 18.2 Å². The molecular formula is C16H24Cl3N3O2. The van der Waals surface area contributed by atoms with Crippen molar-refractivity contribution in [1.29, 1.82) is 0 Å². The minimum Gasteiger partial charge on any atom is -0.314 e. The van der Waals surface area contributed by atoms with Crippen LogP contribution in [0.1, 0.15) is 37.3 Å². The molecule has 5 nitrogen and oxygen atoms in total. The fraction of sp³-hybridized carbons (Fsp3) is 0.625. The highest BCUT2D eigenvalue weighted by Gasteiger charge is 2.35. The van der Waals surface area contributed by atoms with Crippen LogP contribution in [0.25, 0.3) is 0 Å². The third-order valence-electron chi connectivity index (χ3n) is 4.90. The van der Waals surface area contributed by atoms with Crippen LogP contribution in [0.5, 0.6) is 0 Å². The Balaban J connectivity index is 0.00000144. The quantitative estimate of drug-likeness (QED) is 0.611. The minimum absolute atomic E-state index is 0. The topological polar surface area (TPSA) is 58.4 Å². The molecule has 0 spiro atoms. The summed E-state index contributed by atoms with van der Waals surface area (Å²) in [5.41, 5.74) is 1.01. The van der Waals surface area contributed by atoms with Gasteiger partial charge in [-0.2, -0.15) is 0 Å². The minimum atomic E-state index is -0.268. The second kappa shape index (κ2) is 9.78. The molecule has 2 aliphatic rings. The van der Waals surface area contributed by atoms with Gasteiger partial charge in [-0.15, -0.1) is 24.8 Å². The molecule has 1 saturated heterocycles. The van der Waals surface area contributed by atoms with Crippen molar-refractivity contribution >= 4 is 42.1 Å². The van der Waals surface area contributed by atoms with E-state index >= 15 is 0 Å². The lowest BCUT2D eigenvalue weighted by Crippen LogP contribution is -2.46. The van der Waals surface area contributed by atoms with Gasteiger partial charge in [-0.3, -0.25) is 15.0 Å². The van der Waals surface area contributed by atoms with Crippen LogP contribution < -0.4 is 5.32 Å². The summed E-state index contributed by atoms with van der Waals surface area (Å²) in [4.78, 5) is 13.6. The van der Waals surface area contributed by atoms with Crippen molar-refractivity contribution in [2.75, 3.05) is 26.2 Å². The fourth-order valence-electron chi connectivity index (χ4n) is 3.91. The Morgan fingerprint density at radius 1 is 1.21 bits per heavy atom. The number of benzene rings is 1. The average molecular weight is 397 g/mol. The lowest BCUT2D eigenvalue weighted by atomic mass is 9.88. The lowest BCUT2D eigenvalue weighted by Gasteiger charge is -2.38. The van der Waals surface area contributed by atoms with Crippen molar-refractivity contribution in [3.05, 3.63) is 38.9 Å². The molecule has 1 aromatic rings. The van der Waals surface area contributed by atoms with E-state index in [4.69, 9.17) is 11.6 Å². The first-order valence-electron chi connectivity index (χ1n) is 8.05. The second-order valence-corrected chi connectivity index (χ2v) is 6.67. The van der Waals surface area contributed by atoms with Crippen molar-refractivity contribution in [2.45, 2.75) is 31.7 Å². The number of hydrogen-bond acceptors (Lipinski definition) is 4. The number of halogens is 3. The van der Waals surface area contributed by atoms with Gasteiger partial charge in [0.1, 0.15) is 0 Å². The van der Waals surface area contributed by atoms with Crippen LogP contribution in [0.4, 0.5) is 5.69 Å². The van der Waals surface area contributed by atoms with E-state index in [0.717, 1.165) is 44.6 Å². The molecule has 0 bridgehead atoms. The molecule has 1 heterocycles.